The van der Waals surface area contributed by atoms with E-state index in [4.69, 9.17) is 0 Å². The zero-order chi connectivity index (χ0) is 7.49. The van der Waals surface area contributed by atoms with E-state index in [9.17, 15) is 8.78 Å². The summed E-state index contributed by atoms with van der Waals surface area (Å²) in [7, 11) is 0. The average Bonchev–Trinajstić information content (AvgIpc) is 1.65. The first-order valence-corrected chi connectivity index (χ1v) is 3.13. The standard InChI is InChI=1S/C7H13F2/c1-4-5-7(2,3)6(8)9/h5-6H,4H2,1-3H3. The van der Waals surface area contributed by atoms with E-state index in [-0.39, 0.29) is 0 Å². The van der Waals surface area contributed by atoms with Gasteiger partial charge in [-0.1, -0.05) is 27.2 Å². The Kier molecular flexibility index (Phi) is 3.09. The van der Waals surface area contributed by atoms with Gasteiger partial charge in [0.05, 0.1) is 0 Å². The SMILES string of the molecule is CC[CH]C(C)(C)C(F)F. The van der Waals surface area contributed by atoms with E-state index in [2.05, 4.69) is 0 Å². The van der Waals surface area contributed by atoms with E-state index in [1.165, 1.54) is 0 Å². The molecule has 0 saturated heterocycles. The Morgan fingerprint density at radius 3 is 2.00 bits per heavy atom. The molecule has 0 atom stereocenters. The average molecular weight is 135 g/mol. The maximum absolute atomic E-state index is 12.0. The van der Waals surface area contributed by atoms with Gasteiger partial charge >= 0.3 is 0 Å². The van der Waals surface area contributed by atoms with Crippen LogP contribution in [0.4, 0.5) is 8.78 Å². The monoisotopic (exact) mass is 135 g/mol. The summed E-state index contributed by atoms with van der Waals surface area (Å²) in [6.45, 7) is 4.95. The number of halogens is 2. The van der Waals surface area contributed by atoms with Gasteiger partial charge in [-0.05, 0) is 6.42 Å². The summed E-state index contributed by atoms with van der Waals surface area (Å²) in [6, 6.07) is 0. The van der Waals surface area contributed by atoms with Gasteiger partial charge < -0.3 is 0 Å². The van der Waals surface area contributed by atoms with Crippen LogP contribution in [-0.2, 0) is 0 Å². The predicted molar refractivity (Wildman–Crippen MR) is 34.4 cm³/mol. The number of rotatable bonds is 3. The second-order valence-corrected chi connectivity index (χ2v) is 2.73. The minimum absolute atomic E-state index is 0.706. The zero-order valence-corrected chi connectivity index (χ0v) is 6.12. The van der Waals surface area contributed by atoms with E-state index in [0.717, 1.165) is 0 Å². The van der Waals surface area contributed by atoms with Gasteiger partial charge in [-0.3, -0.25) is 0 Å². The molecule has 0 aromatic carbocycles. The fourth-order valence-electron chi connectivity index (χ4n) is 0.615. The quantitative estimate of drug-likeness (QED) is 0.558. The van der Waals surface area contributed by atoms with E-state index in [1.807, 2.05) is 6.92 Å². The molecule has 0 saturated carbocycles. The van der Waals surface area contributed by atoms with Gasteiger partial charge in [-0.25, -0.2) is 8.78 Å². The molecular formula is C7H13F2. The molecule has 0 aromatic heterocycles. The molecule has 0 fully saturated rings. The molecule has 2 heteroatoms. The maximum atomic E-state index is 12.0. The van der Waals surface area contributed by atoms with Gasteiger partial charge in [-0.15, -0.1) is 0 Å². The summed E-state index contributed by atoms with van der Waals surface area (Å²) in [5, 5.41) is 0. The third-order valence-corrected chi connectivity index (χ3v) is 1.29. The minimum atomic E-state index is -2.24. The zero-order valence-electron chi connectivity index (χ0n) is 6.12. The summed E-state index contributed by atoms with van der Waals surface area (Å²) in [5.41, 5.74) is -0.908. The molecule has 0 bridgehead atoms. The van der Waals surface area contributed by atoms with Crippen molar-refractivity contribution in [2.45, 2.75) is 33.6 Å². The highest BCUT2D eigenvalue weighted by molar-refractivity contribution is 4.85. The van der Waals surface area contributed by atoms with E-state index in [1.54, 1.807) is 20.3 Å². The Morgan fingerprint density at radius 1 is 1.44 bits per heavy atom. The van der Waals surface area contributed by atoms with Gasteiger partial charge in [0.2, 0.25) is 6.43 Å². The highest BCUT2D eigenvalue weighted by Crippen LogP contribution is 2.28. The first kappa shape index (κ1) is 8.86. The van der Waals surface area contributed by atoms with Crippen molar-refractivity contribution < 1.29 is 8.78 Å². The largest absolute Gasteiger partial charge is 0.243 e. The third-order valence-electron chi connectivity index (χ3n) is 1.29. The predicted octanol–water partition coefficient (Wildman–Crippen LogP) is 2.89. The lowest BCUT2D eigenvalue weighted by atomic mass is 9.89. The maximum Gasteiger partial charge on any atom is 0.243 e. The Hall–Kier alpha value is -0.140. The summed E-state index contributed by atoms with van der Waals surface area (Å²) in [5.74, 6) is 0. The fraction of sp³-hybridized carbons (Fsp3) is 0.857. The lowest BCUT2D eigenvalue weighted by molar-refractivity contribution is 0.0394. The van der Waals surface area contributed by atoms with Crippen molar-refractivity contribution in [2.24, 2.45) is 5.41 Å². The van der Waals surface area contributed by atoms with Crippen LogP contribution in [-0.4, -0.2) is 6.43 Å². The molecule has 0 rings (SSSR count). The Bertz CT molecular complexity index is 77.0. The van der Waals surface area contributed by atoms with Crippen LogP contribution in [0, 0.1) is 11.8 Å². The summed E-state index contributed by atoms with van der Waals surface area (Å²) in [4.78, 5) is 0. The Labute approximate surface area is 55.3 Å². The van der Waals surface area contributed by atoms with E-state index < -0.39 is 11.8 Å². The van der Waals surface area contributed by atoms with Crippen molar-refractivity contribution in [1.82, 2.24) is 0 Å². The molecule has 55 valence electrons. The molecule has 0 N–H and O–H groups in total. The normalized spacial score (nSPS) is 12.7. The summed E-state index contributed by atoms with van der Waals surface area (Å²) in [6.07, 6.45) is 0.104. The molecule has 0 spiro atoms. The van der Waals surface area contributed by atoms with Crippen molar-refractivity contribution in [3.63, 3.8) is 0 Å². The van der Waals surface area contributed by atoms with Crippen LogP contribution >= 0.6 is 0 Å². The molecule has 0 aromatic rings. The number of alkyl halides is 2. The van der Waals surface area contributed by atoms with Crippen LogP contribution in [0.15, 0.2) is 0 Å². The van der Waals surface area contributed by atoms with Crippen molar-refractivity contribution in [3.05, 3.63) is 6.42 Å². The smallest absolute Gasteiger partial charge is 0.210 e. The van der Waals surface area contributed by atoms with E-state index in [0.29, 0.717) is 6.42 Å². The van der Waals surface area contributed by atoms with Gasteiger partial charge in [0.15, 0.2) is 0 Å². The van der Waals surface area contributed by atoms with Crippen LogP contribution in [0.25, 0.3) is 0 Å². The number of hydrogen-bond donors (Lipinski definition) is 0. The summed E-state index contributed by atoms with van der Waals surface area (Å²) >= 11 is 0. The highest BCUT2D eigenvalue weighted by Gasteiger charge is 2.28. The topological polar surface area (TPSA) is 0 Å². The molecule has 1 radical (unpaired) electrons. The Balaban J connectivity index is 3.70. The molecule has 0 amide bonds. The third kappa shape index (κ3) is 2.78. The Morgan fingerprint density at radius 2 is 1.89 bits per heavy atom. The second-order valence-electron chi connectivity index (χ2n) is 2.73. The minimum Gasteiger partial charge on any atom is -0.210 e. The lowest BCUT2D eigenvalue weighted by Crippen LogP contribution is -2.21. The molecular weight excluding hydrogens is 122 g/mol. The first-order valence-electron chi connectivity index (χ1n) is 3.13. The molecule has 0 aliphatic carbocycles. The van der Waals surface area contributed by atoms with Gasteiger partial charge in [-0.2, -0.15) is 0 Å². The van der Waals surface area contributed by atoms with Crippen molar-refractivity contribution in [1.29, 1.82) is 0 Å². The van der Waals surface area contributed by atoms with E-state index >= 15 is 0 Å². The molecule has 0 heterocycles. The van der Waals surface area contributed by atoms with Crippen LogP contribution in [0.1, 0.15) is 27.2 Å². The van der Waals surface area contributed by atoms with Crippen LogP contribution in [0.2, 0.25) is 0 Å². The molecule has 0 unspecified atom stereocenters. The molecule has 9 heavy (non-hydrogen) atoms. The first-order chi connectivity index (χ1) is 4.00. The fourth-order valence-corrected chi connectivity index (χ4v) is 0.615. The van der Waals surface area contributed by atoms with Crippen molar-refractivity contribution in [2.75, 3.05) is 0 Å². The molecule has 0 aliphatic rings. The van der Waals surface area contributed by atoms with Crippen LogP contribution in [0.3, 0.4) is 0 Å². The highest BCUT2D eigenvalue weighted by atomic mass is 19.3. The van der Waals surface area contributed by atoms with Gasteiger partial charge in [0.1, 0.15) is 0 Å². The second kappa shape index (κ2) is 3.14. The van der Waals surface area contributed by atoms with Crippen LogP contribution in [0.5, 0.6) is 0 Å². The number of hydrogen-bond acceptors (Lipinski definition) is 0. The molecule has 0 aliphatic heterocycles. The molecule has 0 nitrogen and oxygen atoms in total. The lowest BCUT2D eigenvalue weighted by Gasteiger charge is -2.21. The van der Waals surface area contributed by atoms with Gasteiger partial charge in [0, 0.05) is 5.41 Å². The van der Waals surface area contributed by atoms with Crippen molar-refractivity contribution >= 4 is 0 Å². The van der Waals surface area contributed by atoms with Crippen molar-refractivity contribution in [3.8, 4) is 0 Å². The van der Waals surface area contributed by atoms with Gasteiger partial charge in [0.25, 0.3) is 0 Å². The van der Waals surface area contributed by atoms with Crippen LogP contribution < -0.4 is 0 Å². The summed E-state index contributed by atoms with van der Waals surface area (Å²) < 4.78 is 23.9.